The fraction of sp³-hybridized carbons (Fsp3) is 0.222. The molecule has 2 rings (SSSR count). The number of para-hydroxylation sites is 2. The van der Waals surface area contributed by atoms with Crippen LogP contribution in [0.25, 0.3) is 0 Å². The average Bonchev–Trinajstić information content (AvgIpc) is 2.48. The van der Waals surface area contributed by atoms with Crippen LogP contribution in [0.3, 0.4) is 0 Å². The molecule has 4 heteroatoms. The van der Waals surface area contributed by atoms with Crippen LogP contribution in [-0.2, 0) is 0 Å². The van der Waals surface area contributed by atoms with Crippen LogP contribution in [0.15, 0.2) is 72.9 Å². The van der Waals surface area contributed by atoms with E-state index in [9.17, 15) is 0 Å². The summed E-state index contributed by atoms with van der Waals surface area (Å²) in [7, 11) is -3.94. The predicted molar refractivity (Wildman–Crippen MR) is 98.2 cm³/mol. The minimum atomic E-state index is -2.05. The molecular formula is C18H24O2Si2. The van der Waals surface area contributed by atoms with Crippen molar-refractivity contribution in [2.24, 2.45) is 0 Å². The zero-order chi connectivity index (χ0) is 16.1. The van der Waals surface area contributed by atoms with Gasteiger partial charge in [-0.3, -0.25) is 0 Å². The van der Waals surface area contributed by atoms with E-state index in [4.69, 9.17) is 8.85 Å². The Morgan fingerprint density at radius 2 is 1.27 bits per heavy atom. The number of benzene rings is 2. The summed E-state index contributed by atoms with van der Waals surface area (Å²) in [6, 6.07) is 20.0. The molecule has 1 unspecified atom stereocenters. The van der Waals surface area contributed by atoms with Crippen LogP contribution in [0, 0.1) is 0 Å². The molecule has 1 atom stereocenters. The van der Waals surface area contributed by atoms with Crippen LogP contribution in [0.1, 0.15) is 0 Å². The normalized spacial score (nSPS) is 14.0. The minimum Gasteiger partial charge on any atom is -0.544 e. The first-order chi connectivity index (χ1) is 10.4. The molecule has 0 spiro atoms. The Balaban J connectivity index is 2.08. The molecule has 0 radical (unpaired) electrons. The van der Waals surface area contributed by atoms with Gasteiger partial charge >= 0.3 is 0 Å². The topological polar surface area (TPSA) is 18.5 Å². The molecule has 2 aromatic carbocycles. The van der Waals surface area contributed by atoms with Gasteiger partial charge in [-0.05, 0) is 43.9 Å². The summed E-state index contributed by atoms with van der Waals surface area (Å²) in [5, 5.41) is 0. The van der Waals surface area contributed by atoms with E-state index in [1.807, 2.05) is 66.4 Å². The van der Waals surface area contributed by atoms with Crippen molar-refractivity contribution in [2.75, 3.05) is 0 Å². The third-order valence-electron chi connectivity index (χ3n) is 3.44. The smallest absolute Gasteiger partial charge is 0.272 e. The summed E-state index contributed by atoms with van der Waals surface area (Å²) in [6.07, 6.45) is 0. The number of hydrogen-bond donors (Lipinski definition) is 0. The highest BCUT2D eigenvalue weighted by Gasteiger charge is 2.39. The van der Waals surface area contributed by atoms with E-state index in [-0.39, 0.29) is 0 Å². The lowest BCUT2D eigenvalue weighted by molar-refractivity contribution is 0.534. The molecule has 2 nitrogen and oxygen atoms in total. The van der Waals surface area contributed by atoms with E-state index in [1.165, 1.54) is 0 Å². The molecule has 0 N–H and O–H groups in total. The second-order valence-electron chi connectivity index (χ2n) is 6.28. The van der Waals surface area contributed by atoms with E-state index in [1.54, 1.807) is 0 Å². The van der Waals surface area contributed by atoms with E-state index in [0.717, 1.165) is 17.2 Å². The zero-order valence-electron chi connectivity index (χ0n) is 13.6. The van der Waals surface area contributed by atoms with Crippen LogP contribution in [0.2, 0.25) is 25.3 Å². The third kappa shape index (κ3) is 4.89. The largest absolute Gasteiger partial charge is 0.544 e. The molecule has 0 bridgehead atoms. The quantitative estimate of drug-likeness (QED) is 0.651. The second-order valence-corrected chi connectivity index (χ2v) is 14.7. The second kappa shape index (κ2) is 6.98. The summed E-state index contributed by atoms with van der Waals surface area (Å²) in [6.45, 7) is 10.7. The highest BCUT2D eigenvalue weighted by molar-refractivity contribution is 6.93. The highest BCUT2D eigenvalue weighted by atomic mass is 28.4. The molecule has 0 amide bonds. The molecular weight excluding hydrogens is 304 g/mol. The van der Waals surface area contributed by atoms with Crippen LogP contribution >= 0.6 is 0 Å². The lowest BCUT2D eigenvalue weighted by atomic mass is 10.3. The van der Waals surface area contributed by atoms with Crippen LogP contribution < -0.4 is 8.85 Å². The Kier molecular flexibility index (Phi) is 5.26. The van der Waals surface area contributed by atoms with Crippen molar-refractivity contribution in [1.82, 2.24) is 0 Å². The summed E-state index contributed by atoms with van der Waals surface area (Å²) < 4.78 is 12.6. The van der Waals surface area contributed by atoms with Gasteiger partial charge in [0.05, 0.1) is 0 Å². The Morgan fingerprint density at radius 3 is 1.73 bits per heavy atom. The molecule has 0 saturated carbocycles. The van der Waals surface area contributed by atoms with Crippen molar-refractivity contribution in [3.8, 4) is 11.5 Å². The van der Waals surface area contributed by atoms with E-state index in [2.05, 4.69) is 26.2 Å². The first kappa shape index (κ1) is 16.6. The first-order valence-corrected chi connectivity index (χ1v) is 13.3. The molecule has 2 aromatic rings. The Morgan fingerprint density at radius 1 is 0.818 bits per heavy atom. The van der Waals surface area contributed by atoms with Crippen molar-refractivity contribution in [3.05, 3.63) is 72.9 Å². The van der Waals surface area contributed by atoms with Crippen molar-refractivity contribution in [2.45, 2.75) is 25.3 Å². The van der Waals surface area contributed by atoms with Crippen LogP contribution in [0.5, 0.6) is 11.5 Å². The minimum absolute atomic E-state index is 0.918. The maximum absolute atomic E-state index is 6.30. The van der Waals surface area contributed by atoms with Gasteiger partial charge in [0.2, 0.25) is 8.32 Å². The molecule has 0 fully saturated rings. The maximum Gasteiger partial charge on any atom is 0.272 e. The molecule has 116 valence electrons. The van der Waals surface area contributed by atoms with Crippen molar-refractivity contribution >= 4 is 16.6 Å². The number of hydrogen-bond acceptors (Lipinski definition) is 2. The Hall–Kier alpha value is -1.79. The van der Waals surface area contributed by atoms with Gasteiger partial charge in [0.15, 0.2) is 0 Å². The van der Waals surface area contributed by atoms with Gasteiger partial charge < -0.3 is 8.85 Å². The van der Waals surface area contributed by atoms with Gasteiger partial charge in [-0.1, -0.05) is 42.1 Å². The molecule has 0 aliphatic rings. The Labute approximate surface area is 135 Å². The van der Waals surface area contributed by atoms with Gasteiger partial charge in [-0.25, -0.2) is 0 Å². The van der Waals surface area contributed by atoms with E-state index >= 15 is 0 Å². The molecule has 0 heterocycles. The summed E-state index contributed by atoms with van der Waals surface area (Å²) in [5.74, 6) is 1.86. The average molecular weight is 329 g/mol. The van der Waals surface area contributed by atoms with E-state index in [0.29, 0.717) is 0 Å². The monoisotopic (exact) mass is 328 g/mol. The summed E-state index contributed by atoms with van der Waals surface area (Å²) in [5.41, 5.74) is 2.98. The SMILES string of the molecule is C=C[Si](C)(C[Si](C)(C)Oc1ccccc1)Oc1ccccc1. The maximum atomic E-state index is 6.30. The van der Waals surface area contributed by atoms with Crippen LogP contribution in [-0.4, -0.2) is 16.6 Å². The van der Waals surface area contributed by atoms with E-state index < -0.39 is 16.6 Å². The molecule has 0 saturated heterocycles. The summed E-state index contributed by atoms with van der Waals surface area (Å²) >= 11 is 0. The van der Waals surface area contributed by atoms with Crippen LogP contribution in [0.4, 0.5) is 0 Å². The van der Waals surface area contributed by atoms with Gasteiger partial charge in [0.1, 0.15) is 11.5 Å². The molecule has 0 aliphatic carbocycles. The number of rotatable bonds is 7. The van der Waals surface area contributed by atoms with Gasteiger partial charge in [-0.15, -0.1) is 6.58 Å². The molecule has 22 heavy (non-hydrogen) atoms. The van der Waals surface area contributed by atoms with Gasteiger partial charge in [-0.2, -0.15) is 0 Å². The standard InChI is InChI=1S/C18H24O2Si2/c1-5-22(4,20-18-14-10-7-11-15-18)16-21(2,3)19-17-12-8-6-9-13-17/h5-15H,1,16H2,2-4H3. The van der Waals surface area contributed by atoms with Crippen molar-refractivity contribution in [3.63, 3.8) is 0 Å². The lowest BCUT2D eigenvalue weighted by Gasteiger charge is -2.32. The lowest BCUT2D eigenvalue weighted by Crippen LogP contribution is -2.48. The van der Waals surface area contributed by atoms with Crippen molar-refractivity contribution in [1.29, 1.82) is 0 Å². The first-order valence-electron chi connectivity index (χ1n) is 7.54. The third-order valence-corrected chi connectivity index (χ3v) is 12.0. The summed E-state index contributed by atoms with van der Waals surface area (Å²) in [4.78, 5) is 0. The highest BCUT2D eigenvalue weighted by Crippen LogP contribution is 2.27. The fourth-order valence-electron chi connectivity index (χ4n) is 2.60. The molecule has 0 aromatic heterocycles. The van der Waals surface area contributed by atoms with Crippen molar-refractivity contribution < 1.29 is 8.85 Å². The van der Waals surface area contributed by atoms with Gasteiger partial charge in [0, 0.05) is 5.67 Å². The fourth-order valence-corrected chi connectivity index (χ4v) is 12.0. The Bertz CT molecular complexity index is 599. The zero-order valence-corrected chi connectivity index (χ0v) is 15.6. The molecule has 0 aliphatic heterocycles. The van der Waals surface area contributed by atoms with Gasteiger partial charge in [0.25, 0.3) is 8.32 Å². The predicted octanol–water partition coefficient (Wildman–Crippen LogP) is 5.19.